The standard InChI is InChI=1S/C31H41F3O/c1-3-5-7-8-9-10-21-11-12-23-17-24(14-13-22(23)16-21)25-18-26-20-28(35-15-6-4-2)30(33)31(34)29(26)27(32)19-25/h4,6,18-24H,3,5,7-17H2,1-2H3/b6-4+. The Labute approximate surface area is 209 Å². The lowest BCUT2D eigenvalue weighted by molar-refractivity contribution is 0.113. The number of hydrogen-bond acceptors (Lipinski definition) is 1. The van der Waals surface area contributed by atoms with Gasteiger partial charge in [0.1, 0.15) is 12.4 Å². The molecule has 0 aliphatic heterocycles. The van der Waals surface area contributed by atoms with Gasteiger partial charge in [0, 0.05) is 0 Å². The Balaban J connectivity index is 1.43. The van der Waals surface area contributed by atoms with Gasteiger partial charge in [-0.15, -0.1) is 0 Å². The highest BCUT2D eigenvalue weighted by Gasteiger charge is 2.36. The summed E-state index contributed by atoms with van der Waals surface area (Å²) < 4.78 is 49.5. The highest BCUT2D eigenvalue weighted by atomic mass is 19.2. The fraction of sp³-hybridized carbons (Fsp3) is 0.613. The van der Waals surface area contributed by atoms with Crippen molar-refractivity contribution in [3.05, 3.63) is 53.4 Å². The predicted octanol–water partition coefficient (Wildman–Crippen LogP) is 9.87. The molecule has 2 aliphatic carbocycles. The van der Waals surface area contributed by atoms with Crippen molar-refractivity contribution in [2.45, 2.75) is 96.8 Å². The monoisotopic (exact) mass is 486 g/mol. The molecule has 1 nitrogen and oxygen atoms in total. The van der Waals surface area contributed by atoms with Gasteiger partial charge in [-0.05, 0) is 85.8 Å². The fourth-order valence-electron chi connectivity index (χ4n) is 6.58. The zero-order valence-corrected chi connectivity index (χ0v) is 21.4. The van der Waals surface area contributed by atoms with Crippen LogP contribution < -0.4 is 4.74 Å². The van der Waals surface area contributed by atoms with Crippen LogP contribution in [0, 0.1) is 35.2 Å². The van der Waals surface area contributed by atoms with E-state index in [1.807, 2.05) is 13.0 Å². The molecular weight excluding hydrogens is 445 g/mol. The average molecular weight is 487 g/mol. The summed E-state index contributed by atoms with van der Waals surface area (Å²) in [5.74, 6) is -0.482. The Morgan fingerprint density at radius 2 is 1.66 bits per heavy atom. The summed E-state index contributed by atoms with van der Waals surface area (Å²) in [7, 11) is 0. The van der Waals surface area contributed by atoms with Gasteiger partial charge in [-0.3, -0.25) is 0 Å². The van der Waals surface area contributed by atoms with Crippen molar-refractivity contribution in [2.24, 2.45) is 17.8 Å². The van der Waals surface area contributed by atoms with Crippen molar-refractivity contribution < 1.29 is 17.9 Å². The van der Waals surface area contributed by atoms with Crippen LogP contribution in [0.25, 0.3) is 10.8 Å². The molecule has 4 atom stereocenters. The first-order valence-corrected chi connectivity index (χ1v) is 13.9. The number of hydrogen-bond donors (Lipinski definition) is 0. The first-order valence-electron chi connectivity index (χ1n) is 13.9. The number of ether oxygens (including phenoxy) is 1. The van der Waals surface area contributed by atoms with Gasteiger partial charge in [-0.2, -0.15) is 4.39 Å². The highest BCUT2D eigenvalue weighted by Crippen LogP contribution is 2.49. The van der Waals surface area contributed by atoms with Crippen molar-refractivity contribution >= 4 is 10.8 Å². The molecule has 35 heavy (non-hydrogen) atoms. The number of rotatable bonds is 10. The number of halogens is 3. The lowest BCUT2D eigenvalue weighted by atomic mass is 9.63. The van der Waals surface area contributed by atoms with Crippen LogP contribution in [-0.4, -0.2) is 6.61 Å². The van der Waals surface area contributed by atoms with Gasteiger partial charge in [0.05, 0.1) is 5.39 Å². The zero-order valence-electron chi connectivity index (χ0n) is 21.4. The third kappa shape index (κ3) is 6.24. The van der Waals surface area contributed by atoms with Crippen molar-refractivity contribution in [3.63, 3.8) is 0 Å². The Morgan fingerprint density at radius 3 is 2.46 bits per heavy atom. The van der Waals surface area contributed by atoms with Crippen LogP contribution in [0.4, 0.5) is 13.2 Å². The van der Waals surface area contributed by atoms with E-state index >= 15 is 4.39 Å². The van der Waals surface area contributed by atoms with Crippen LogP contribution in [0.5, 0.6) is 5.75 Å². The topological polar surface area (TPSA) is 9.23 Å². The first kappa shape index (κ1) is 26.1. The summed E-state index contributed by atoms with van der Waals surface area (Å²) in [6, 6.07) is 4.75. The van der Waals surface area contributed by atoms with E-state index in [1.54, 1.807) is 12.2 Å². The highest BCUT2D eigenvalue weighted by molar-refractivity contribution is 5.86. The van der Waals surface area contributed by atoms with E-state index in [2.05, 4.69) is 6.92 Å². The maximum absolute atomic E-state index is 15.0. The molecule has 4 unspecified atom stereocenters. The molecule has 0 spiro atoms. The minimum absolute atomic E-state index is 0.145. The summed E-state index contributed by atoms with van der Waals surface area (Å²) in [5.41, 5.74) is 0.914. The second kappa shape index (κ2) is 12.3. The fourth-order valence-corrected chi connectivity index (χ4v) is 6.58. The van der Waals surface area contributed by atoms with Crippen LogP contribution in [0.2, 0.25) is 0 Å². The quantitative estimate of drug-likeness (QED) is 0.240. The van der Waals surface area contributed by atoms with E-state index in [0.29, 0.717) is 11.3 Å². The minimum Gasteiger partial charge on any atom is -0.486 e. The van der Waals surface area contributed by atoms with E-state index in [0.717, 1.165) is 30.2 Å². The molecule has 192 valence electrons. The Bertz CT molecular complexity index is 1010. The molecule has 0 aromatic heterocycles. The molecule has 0 radical (unpaired) electrons. The van der Waals surface area contributed by atoms with Gasteiger partial charge in [-0.1, -0.05) is 70.1 Å². The number of unbranched alkanes of at least 4 members (excludes halogenated alkanes) is 4. The van der Waals surface area contributed by atoms with Gasteiger partial charge in [-0.25, -0.2) is 8.78 Å². The first-order chi connectivity index (χ1) is 17.0. The molecule has 0 saturated heterocycles. The van der Waals surface area contributed by atoms with Gasteiger partial charge in [0.2, 0.25) is 5.82 Å². The molecule has 2 fully saturated rings. The molecule has 0 N–H and O–H groups in total. The predicted molar refractivity (Wildman–Crippen MR) is 138 cm³/mol. The van der Waals surface area contributed by atoms with Gasteiger partial charge in [0.25, 0.3) is 0 Å². The van der Waals surface area contributed by atoms with E-state index in [-0.39, 0.29) is 23.7 Å². The van der Waals surface area contributed by atoms with E-state index in [4.69, 9.17) is 4.74 Å². The van der Waals surface area contributed by atoms with E-state index in [1.165, 1.54) is 76.3 Å². The number of fused-ring (bicyclic) bond motifs is 2. The van der Waals surface area contributed by atoms with Crippen LogP contribution in [0.1, 0.15) is 102 Å². The summed E-state index contributed by atoms with van der Waals surface area (Å²) in [5, 5.41) is 0.0982. The van der Waals surface area contributed by atoms with Crippen molar-refractivity contribution in [1.29, 1.82) is 0 Å². The smallest absolute Gasteiger partial charge is 0.201 e. The molecule has 2 aromatic carbocycles. The van der Waals surface area contributed by atoms with Gasteiger partial charge in [0.15, 0.2) is 11.6 Å². The van der Waals surface area contributed by atoms with E-state index < -0.39 is 17.5 Å². The summed E-state index contributed by atoms with van der Waals surface area (Å²) in [6.07, 6.45) is 18.9. The molecule has 0 heterocycles. The molecule has 4 rings (SSSR count). The molecule has 4 heteroatoms. The minimum atomic E-state index is -1.17. The summed E-state index contributed by atoms with van der Waals surface area (Å²) in [6.45, 7) is 4.24. The van der Waals surface area contributed by atoms with Crippen molar-refractivity contribution in [3.8, 4) is 5.75 Å². The van der Waals surface area contributed by atoms with Gasteiger partial charge >= 0.3 is 0 Å². The second-order valence-corrected chi connectivity index (χ2v) is 10.9. The largest absolute Gasteiger partial charge is 0.486 e. The summed E-state index contributed by atoms with van der Waals surface area (Å²) >= 11 is 0. The summed E-state index contributed by atoms with van der Waals surface area (Å²) in [4.78, 5) is 0. The Kier molecular flexibility index (Phi) is 9.19. The normalized spacial score (nSPS) is 24.7. The average Bonchev–Trinajstić information content (AvgIpc) is 2.86. The lowest BCUT2D eigenvalue weighted by Gasteiger charge is -2.42. The molecule has 0 amide bonds. The molecular formula is C31H41F3O. The van der Waals surface area contributed by atoms with Crippen molar-refractivity contribution in [1.82, 2.24) is 0 Å². The number of allylic oxidation sites excluding steroid dienone is 1. The zero-order chi connectivity index (χ0) is 24.8. The SMILES string of the molecule is C/C=C/COc1cc2cc(C3CCC4CC(CCCCCCC)CCC4C3)cc(F)c2c(F)c1F. The van der Waals surface area contributed by atoms with Crippen molar-refractivity contribution in [2.75, 3.05) is 6.61 Å². The van der Waals surface area contributed by atoms with Gasteiger partial charge < -0.3 is 4.74 Å². The lowest BCUT2D eigenvalue weighted by Crippen LogP contribution is -2.30. The third-order valence-corrected chi connectivity index (χ3v) is 8.54. The second-order valence-electron chi connectivity index (χ2n) is 10.9. The van der Waals surface area contributed by atoms with Crippen LogP contribution >= 0.6 is 0 Å². The maximum atomic E-state index is 15.0. The van der Waals surface area contributed by atoms with Crippen LogP contribution in [0.15, 0.2) is 30.4 Å². The Hall–Kier alpha value is -1.97. The number of benzene rings is 2. The molecule has 0 bridgehead atoms. The van der Waals surface area contributed by atoms with Crippen LogP contribution in [0.3, 0.4) is 0 Å². The Morgan fingerprint density at radius 1 is 0.886 bits per heavy atom. The van der Waals surface area contributed by atoms with Crippen LogP contribution in [-0.2, 0) is 0 Å². The molecule has 2 aromatic rings. The molecule has 2 saturated carbocycles. The third-order valence-electron chi connectivity index (χ3n) is 8.54. The molecule has 2 aliphatic rings. The van der Waals surface area contributed by atoms with E-state index in [9.17, 15) is 8.78 Å². The maximum Gasteiger partial charge on any atom is 0.201 e.